The molecule has 1 aromatic carbocycles. The zero-order chi connectivity index (χ0) is 14.9. The van der Waals surface area contributed by atoms with Crippen molar-refractivity contribution >= 4 is 17.5 Å². The summed E-state index contributed by atoms with van der Waals surface area (Å²) in [5, 5.41) is 3.24. The number of benzene rings is 1. The number of nitrogens with zero attached hydrogens (tertiary/aromatic N) is 3. The summed E-state index contributed by atoms with van der Waals surface area (Å²) in [5.74, 6) is 0.507. The van der Waals surface area contributed by atoms with Crippen LogP contribution in [-0.2, 0) is 6.42 Å². The van der Waals surface area contributed by atoms with Crippen LogP contribution in [0.25, 0.3) is 0 Å². The minimum Gasteiger partial charge on any atom is -0.351 e. The van der Waals surface area contributed by atoms with Crippen molar-refractivity contribution in [2.75, 3.05) is 16.8 Å². The molecule has 0 bridgehead atoms. The van der Waals surface area contributed by atoms with Crippen LogP contribution in [0, 0.1) is 0 Å². The van der Waals surface area contributed by atoms with Gasteiger partial charge in [-0.25, -0.2) is 9.97 Å². The highest BCUT2D eigenvalue weighted by Gasteiger charge is 2.25. The number of anilines is 2. The Balaban J connectivity index is 1.62. The van der Waals surface area contributed by atoms with Crippen LogP contribution in [0.5, 0.6) is 0 Å². The van der Waals surface area contributed by atoms with E-state index in [4.69, 9.17) is 0 Å². The van der Waals surface area contributed by atoms with E-state index in [0.717, 1.165) is 37.9 Å². The number of carbonyl (C=O) groups excluding carboxylic acids is 1. The number of para-hydroxylation sites is 1. The number of amides is 1. The molecule has 0 radical (unpaired) electrons. The lowest BCUT2D eigenvalue weighted by molar-refractivity contribution is 0.0980. The first-order chi connectivity index (χ1) is 10.8. The number of hydrogen-bond acceptors (Lipinski definition) is 4. The molecule has 0 unspecified atom stereocenters. The van der Waals surface area contributed by atoms with Gasteiger partial charge in [-0.1, -0.05) is 18.2 Å². The SMILES string of the molecule is O=C(c1ccnc(NC2CC2)n1)N1CCCc2ccccc21. The molecule has 112 valence electrons. The lowest BCUT2D eigenvalue weighted by Gasteiger charge is -2.29. The number of carbonyl (C=O) groups is 1. The first kappa shape index (κ1) is 13.2. The average molecular weight is 294 g/mol. The molecule has 2 heterocycles. The fourth-order valence-corrected chi connectivity index (χ4v) is 2.84. The minimum absolute atomic E-state index is 0.0478. The second-order valence-electron chi connectivity index (χ2n) is 5.87. The lowest BCUT2D eigenvalue weighted by Crippen LogP contribution is -2.36. The van der Waals surface area contributed by atoms with Crippen LogP contribution in [0.1, 0.15) is 35.3 Å². The van der Waals surface area contributed by atoms with Crippen LogP contribution in [0.15, 0.2) is 36.5 Å². The molecular formula is C17H18N4O. The van der Waals surface area contributed by atoms with Crippen molar-refractivity contribution in [2.45, 2.75) is 31.7 Å². The molecule has 0 saturated heterocycles. The second-order valence-corrected chi connectivity index (χ2v) is 5.87. The summed E-state index contributed by atoms with van der Waals surface area (Å²) >= 11 is 0. The van der Waals surface area contributed by atoms with Crippen LogP contribution in [0.4, 0.5) is 11.6 Å². The molecule has 2 aromatic rings. The van der Waals surface area contributed by atoms with Crippen molar-refractivity contribution in [3.8, 4) is 0 Å². The summed E-state index contributed by atoms with van der Waals surface area (Å²) in [4.78, 5) is 23.2. The number of rotatable bonds is 3. The normalized spacial score (nSPS) is 17.0. The fourth-order valence-electron chi connectivity index (χ4n) is 2.84. The number of nitrogens with one attached hydrogen (secondary N) is 1. The van der Waals surface area contributed by atoms with Gasteiger partial charge in [0.25, 0.3) is 5.91 Å². The molecule has 0 atom stereocenters. The zero-order valence-electron chi connectivity index (χ0n) is 12.3. The summed E-state index contributed by atoms with van der Waals surface area (Å²) in [7, 11) is 0. The van der Waals surface area contributed by atoms with Crippen LogP contribution in [0.3, 0.4) is 0 Å². The van der Waals surface area contributed by atoms with Crippen LogP contribution in [0.2, 0.25) is 0 Å². The van der Waals surface area contributed by atoms with Gasteiger partial charge in [-0.3, -0.25) is 4.79 Å². The minimum atomic E-state index is -0.0478. The van der Waals surface area contributed by atoms with E-state index in [1.807, 2.05) is 23.1 Å². The maximum absolute atomic E-state index is 12.8. The molecule has 5 heteroatoms. The Morgan fingerprint density at radius 3 is 2.95 bits per heavy atom. The summed E-state index contributed by atoms with van der Waals surface area (Å²) in [6.45, 7) is 0.741. The monoisotopic (exact) mass is 294 g/mol. The van der Waals surface area contributed by atoms with Gasteiger partial charge >= 0.3 is 0 Å². The van der Waals surface area contributed by atoms with Gasteiger partial charge in [0.2, 0.25) is 5.95 Å². The van der Waals surface area contributed by atoms with Crippen LogP contribution >= 0.6 is 0 Å². The molecule has 1 fully saturated rings. The molecule has 0 spiro atoms. The van der Waals surface area contributed by atoms with Gasteiger partial charge in [-0.05, 0) is 43.4 Å². The van der Waals surface area contributed by atoms with Crippen molar-refractivity contribution in [2.24, 2.45) is 0 Å². The third-order valence-corrected chi connectivity index (χ3v) is 4.14. The smallest absolute Gasteiger partial charge is 0.277 e. The number of aryl methyl sites for hydroxylation is 1. The summed E-state index contributed by atoms with van der Waals surface area (Å²) < 4.78 is 0. The standard InChI is InChI=1S/C17H18N4O/c22-16(14-9-10-18-17(20-14)19-13-7-8-13)21-11-3-5-12-4-1-2-6-15(12)21/h1-2,4,6,9-10,13H,3,5,7-8,11H2,(H,18,19,20). The summed E-state index contributed by atoms with van der Waals surface area (Å²) in [6.07, 6.45) is 5.97. The summed E-state index contributed by atoms with van der Waals surface area (Å²) in [5.41, 5.74) is 2.69. The first-order valence-corrected chi connectivity index (χ1v) is 7.80. The molecule has 1 N–H and O–H groups in total. The predicted molar refractivity (Wildman–Crippen MR) is 85.1 cm³/mol. The average Bonchev–Trinajstić information content (AvgIpc) is 3.38. The largest absolute Gasteiger partial charge is 0.351 e. The van der Waals surface area contributed by atoms with Crippen molar-refractivity contribution in [3.63, 3.8) is 0 Å². The molecular weight excluding hydrogens is 276 g/mol. The fraction of sp³-hybridized carbons (Fsp3) is 0.353. The van der Waals surface area contributed by atoms with Gasteiger partial charge in [0.05, 0.1) is 0 Å². The molecule has 1 aromatic heterocycles. The third-order valence-electron chi connectivity index (χ3n) is 4.14. The van der Waals surface area contributed by atoms with Crippen molar-refractivity contribution in [3.05, 3.63) is 47.8 Å². The quantitative estimate of drug-likeness (QED) is 0.945. The molecule has 1 amide bonds. The van der Waals surface area contributed by atoms with Crippen molar-refractivity contribution in [1.29, 1.82) is 0 Å². The number of fused-ring (bicyclic) bond motifs is 1. The first-order valence-electron chi connectivity index (χ1n) is 7.80. The van der Waals surface area contributed by atoms with E-state index in [-0.39, 0.29) is 5.91 Å². The molecule has 1 aliphatic carbocycles. The van der Waals surface area contributed by atoms with E-state index >= 15 is 0 Å². The molecule has 1 aliphatic heterocycles. The number of aromatic nitrogens is 2. The Hall–Kier alpha value is -2.43. The Morgan fingerprint density at radius 2 is 2.09 bits per heavy atom. The maximum Gasteiger partial charge on any atom is 0.277 e. The Morgan fingerprint density at radius 1 is 1.23 bits per heavy atom. The lowest BCUT2D eigenvalue weighted by atomic mass is 10.0. The van der Waals surface area contributed by atoms with Gasteiger partial charge in [0, 0.05) is 24.5 Å². The van der Waals surface area contributed by atoms with E-state index in [1.165, 1.54) is 5.56 Å². The summed E-state index contributed by atoms with van der Waals surface area (Å²) in [6, 6.07) is 10.3. The zero-order valence-corrected chi connectivity index (χ0v) is 12.3. The van der Waals surface area contributed by atoms with Crippen LogP contribution < -0.4 is 10.2 Å². The Kier molecular flexibility index (Phi) is 3.25. The highest BCUT2D eigenvalue weighted by Crippen LogP contribution is 2.28. The van der Waals surface area contributed by atoms with Crippen molar-refractivity contribution in [1.82, 2.24) is 9.97 Å². The maximum atomic E-state index is 12.8. The van der Waals surface area contributed by atoms with Gasteiger partial charge in [-0.2, -0.15) is 0 Å². The highest BCUT2D eigenvalue weighted by molar-refractivity contribution is 6.05. The van der Waals surface area contributed by atoms with E-state index < -0.39 is 0 Å². The van der Waals surface area contributed by atoms with Gasteiger partial charge < -0.3 is 10.2 Å². The molecule has 5 nitrogen and oxygen atoms in total. The van der Waals surface area contributed by atoms with E-state index in [0.29, 0.717) is 17.7 Å². The number of hydrogen-bond donors (Lipinski definition) is 1. The Labute approximate surface area is 129 Å². The topological polar surface area (TPSA) is 58.1 Å². The van der Waals surface area contributed by atoms with E-state index in [9.17, 15) is 4.79 Å². The van der Waals surface area contributed by atoms with E-state index in [1.54, 1.807) is 12.3 Å². The predicted octanol–water partition coefficient (Wildman–Crippen LogP) is 2.64. The van der Waals surface area contributed by atoms with Crippen LogP contribution in [-0.4, -0.2) is 28.5 Å². The van der Waals surface area contributed by atoms with E-state index in [2.05, 4.69) is 21.4 Å². The molecule has 22 heavy (non-hydrogen) atoms. The van der Waals surface area contributed by atoms with Gasteiger partial charge in [0.15, 0.2) is 0 Å². The molecule has 1 saturated carbocycles. The highest BCUT2D eigenvalue weighted by atomic mass is 16.2. The van der Waals surface area contributed by atoms with Gasteiger partial charge in [-0.15, -0.1) is 0 Å². The molecule has 2 aliphatic rings. The molecule has 4 rings (SSSR count). The van der Waals surface area contributed by atoms with Gasteiger partial charge in [0.1, 0.15) is 5.69 Å². The second kappa shape index (κ2) is 5.40. The third kappa shape index (κ3) is 2.54. The Bertz CT molecular complexity index is 711. The van der Waals surface area contributed by atoms with Crippen molar-refractivity contribution < 1.29 is 4.79 Å².